The quantitative estimate of drug-likeness (QED) is 0.427. The zero-order valence-electron chi connectivity index (χ0n) is 17.8. The first-order chi connectivity index (χ1) is 14.5. The smallest absolute Gasteiger partial charge is 0.127 e. The average molecular weight is 392 g/mol. The number of benzene rings is 2. The molecular weight excluding hydrogens is 366 g/mol. The number of fused-ring (bicyclic) bond motifs is 1. The Morgan fingerprint density at radius 2 is 1.60 bits per heavy atom. The first kappa shape index (κ1) is 19.7. The van der Waals surface area contributed by atoms with E-state index in [0.717, 1.165) is 39.1 Å². The third kappa shape index (κ3) is 4.50. The molecule has 0 aliphatic carbocycles. The largest absolute Gasteiger partial charge is 0.368 e. The summed E-state index contributed by atoms with van der Waals surface area (Å²) >= 11 is 0. The van der Waals surface area contributed by atoms with Gasteiger partial charge >= 0.3 is 0 Å². The van der Waals surface area contributed by atoms with Gasteiger partial charge in [-0.25, -0.2) is 9.97 Å². The first-order valence-corrected chi connectivity index (χ1v) is 10.2. The van der Waals surface area contributed by atoms with Crippen molar-refractivity contribution in [2.75, 3.05) is 5.32 Å². The Labute approximate surface area is 178 Å². The number of nitrogens with one attached hydrogen (secondary N) is 1. The summed E-state index contributed by atoms with van der Waals surface area (Å²) in [6.45, 7) is 8.42. The van der Waals surface area contributed by atoms with Crippen LogP contribution in [0.1, 0.15) is 36.2 Å². The van der Waals surface area contributed by atoms with E-state index in [-0.39, 0.29) is 0 Å². The van der Waals surface area contributed by atoms with Crippen LogP contribution in [0.3, 0.4) is 0 Å². The highest BCUT2D eigenvalue weighted by molar-refractivity contribution is 5.85. The van der Waals surface area contributed by atoms with Gasteiger partial charge in [-0.1, -0.05) is 41.8 Å². The van der Waals surface area contributed by atoms with Gasteiger partial charge in [0.25, 0.3) is 0 Å². The average Bonchev–Trinajstić information content (AvgIpc) is 2.73. The van der Waals surface area contributed by atoms with Crippen molar-refractivity contribution < 1.29 is 0 Å². The fourth-order valence-corrected chi connectivity index (χ4v) is 3.36. The van der Waals surface area contributed by atoms with Gasteiger partial charge in [-0.3, -0.25) is 0 Å². The number of rotatable bonds is 3. The molecule has 0 radical (unpaired) electrons. The lowest BCUT2D eigenvalue weighted by molar-refractivity contribution is 0.891. The van der Waals surface area contributed by atoms with Crippen LogP contribution in [0.15, 0.2) is 66.9 Å². The molecule has 0 atom stereocenters. The number of pyridine rings is 2. The van der Waals surface area contributed by atoms with Crippen LogP contribution in [0.2, 0.25) is 0 Å². The number of anilines is 1. The molecule has 148 valence electrons. The van der Waals surface area contributed by atoms with Crippen molar-refractivity contribution in [3.05, 3.63) is 89.2 Å². The van der Waals surface area contributed by atoms with Crippen LogP contribution < -0.4 is 5.32 Å². The van der Waals surface area contributed by atoms with Crippen LogP contribution in [0, 0.1) is 25.7 Å². The summed E-state index contributed by atoms with van der Waals surface area (Å²) in [6.07, 6.45) is 1.88. The van der Waals surface area contributed by atoms with Crippen molar-refractivity contribution in [2.45, 2.75) is 33.7 Å². The van der Waals surface area contributed by atoms with Crippen LogP contribution in [0.5, 0.6) is 0 Å². The van der Waals surface area contributed by atoms with Gasteiger partial charge in [0.2, 0.25) is 0 Å². The van der Waals surface area contributed by atoms with Gasteiger partial charge in [0.15, 0.2) is 0 Å². The van der Waals surface area contributed by atoms with E-state index in [1.54, 1.807) is 0 Å². The first-order valence-electron chi connectivity index (χ1n) is 10.2. The molecule has 0 saturated carbocycles. The molecule has 2 heterocycles. The van der Waals surface area contributed by atoms with E-state index in [2.05, 4.69) is 92.3 Å². The molecule has 3 heteroatoms. The van der Waals surface area contributed by atoms with Crippen molar-refractivity contribution in [2.24, 2.45) is 0 Å². The minimum absolute atomic E-state index is 0.351. The van der Waals surface area contributed by atoms with Gasteiger partial charge in [0, 0.05) is 28.8 Å². The maximum atomic E-state index is 4.71. The number of aryl methyl sites for hydroxylation is 2. The maximum Gasteiger partial charge on any atom is 0.127 e. The van der Waals surface area contributed by atoms with Crippen molar-refractivity contribution in [1.29, 1.82) is 0 Å². The molecule has 4 rings (SSSR count). The van der Waals surface area contributed by atoms with Gasteiger partial charge in [-0.2, -0.15) is 0 Å². The molecule has 1 N–H and O–H groups in total. The maximum absolute atomic E-state index is 4.71. The molecule has 0 unspecified atom stereocenters. The minimum Gasteiger partial charge on any atom is -0.368 e. The number of hydrogen-bond acceptors (Lipinski definition) is 3. The fraction of sp³-hybridized carbons (Fsp3) is 0.185. The Hall–Kier alpha value is -3.64. The zero-order valence-corrected chi connectivity index (χ0v) is 17.8. The second kappa shape index (κ2) is 8.39. The summed E-state index contributed by atoms with van der Waals surface area (Å²) in [7, 11) is 0. The van der Waals surface area contributed by atoms with Gasteiger partial charge in [0.1, 0.15) is 11.5 Å². The molecule has 0 saturated heterocycles. The molecule has 30 heavy (non-hydrogen) atoms. The zero-order chi connectivity index (χ0) is 21.1. The van der Waals surface area contributed by atoms with E-state index in [0.29, 0.717) is 6.04 Å². The van der Waals surface area contributed by atoms with Crippen LogP contribution >= 0.6 is 0 Å². The van der Waals surface area contributed by atoms with Gasteiger partial charge in [-0.05, 0) is 75.1 Å². The SMILES string of the molecule is Cc1ccc(-c2ccc(C#Cc3ccc4nc(NC(C)C)cc(C)c4c3)nc2)cc1. The molecule has 0 bridgehead atoms. The molecule has 0 aliphatic heterocycles. The summed E-state index contributed by atoms with van der Waals surface area (Å²) < 4.78 is 0. The molecule has 0 amide bonds. The second-order valence-corrected chi connectivity index (χ2v) is 7.90. The van der Waals surface area contributed by atoms with E-state index < -0.39 is 0 Å². The standard InChI is InChI=1S/C27H25N3/c1-18(2)29-27-15-20(4)25-16-21(8-14-26(25)30-27)7-12-24-13-11-23(17-28-24)22-9-5-19(3)6-10-22/h5-6,8-11,13-18H,1-4H3,(H,29,30). The molecule has 2 aromatic carbocycles. The molecule has 0 aliphatic rings. The van der Waals surface area contributed by atoms with Crippen molar-refractivity contribution >= 4 is 16.7 Å². The predicted octanol–water partition coefficient (Wildman–Crippen LogP) is 6.13. The van der Waals surface area contributed by atoms with Crippen LogP contribution in [0.25, 0.3) is 22.0 Å². The molecule has 3 nitrogen and oxygen atoms in total. The van der Waals surface area contributed by atoms with Crippen molar-refractivity contribution in [3.8, 4) is 23.0 Å². The summed E-state index contributed by atoms with van der Waals surface area (Å²) in [5.74, 6) is 7.32. The lowest BCUT2D eigenvalue weighted by Crippen LogP contribution is -2.11. The van der Waals surface area contributed by atoms with Crippen molar-refractivity contribution in [3.63, 3.8) is 0 Å². The number of nitrogens with zero attached hydrogens (tertiary/aromatic N) is 2. The monoisotopic (exact) mass is 391 g/mol. The Morgan fingerprint density at radius 3 is 2.30 bits per heavy atom. The van der Waals surface area contributed by atoms with E-state index in [1.165, 1.54) is 11.1 Å². The van der Waals surface area contributed by atoms with E-state index in [4.69, 9.17) is 4.98 Å². The lowest BCUT2D eigenvalue weighted by atomic mass is 10.1. The Kier molecular flexibility index (Phi) is 5.50. The van der Waals surface area contributed by atoms with E-state index in [1.807, 2.05) is 24.4 Å². The van der Waals surface area contributed by atoms with E-state index >= 15 is 0 Å². The fourth-order valence-electron chi connectivity index (χ4n) is 3.36. The summed E-state index contributed by atoms with van der Waals surface area (Å²) in [4.78, 5) is 9.23. The lowest BCUT2D eigenvalue weighted by Gasteiger charge is -2.11. The highest BCUT2D eigenvalue weighted by Crippen LogP contribution is 2.22. The third-order valence-corrected chi connectivity index (χ3v) is 4.94. The van der Waals surface area contributed by atoms with Crippen molar-refractivity contribution in [1.82, 2.24) is 9.97 Å². The van der Waals surface area contributed by atoms with Crippen LogP contribution in [0.4, 0.5) is 5.82 Å². The van der Waals surface area contributed by atoms with Crippen LogP contribution in [-0.4, -0.2) is 16.0 Å². The number of aromatic nitrogens is 2. The van der Waals surface area contributed by atoms with Gasteiger partial charge in [-0.15, -0.1) is 0 Å². The molecule has 0 spiro atoms. The Balaban J connectivity index is 1.57. The Morgan fingerprint density at radius 1 is 0.833 bits per heavy atom. The van der Waals surface area contributed by atoms with Gasteiger partial charge < -0.3 is 5.32 Å². The predicted molar refractivity (Wildman–Crippen MR) is 126 cm³/mol. The molecule has 2 aromatic heterocycles. The highest BCUT2D eigenvalue weighted by atomic mass is 15.0. The summed E-state index contributed by atoms with van der Waals surface area (Å²) in [5.41, 5.74) is 7.40. The topological polar surface area (TPSA) is 37.8 Å². The summed E-state index contributed by atoms with van der Waals surface area (Å²) in [5, 5.41) is 4.49. The van der Waals surface area contributed by atoms with E-state index in [9.17, 15) is 0 Å². The second-order valence-electron chi connectivity index (χ2n) is 7.90. The van der Waals surface area contributed by atoms with Crippen LogP contribution in [-0.2, 0) is 0 Å². The Bertz CT molecular complexity index is 1240. The normalized spacial score (nSPS) is 10.7. The molecular formula is C27H25N3. The molecule has 4 aromatic rings. The third-order valence-electron chi connectivity index (χ3n) is 4.94. The highest BCUT2D eigenvalue weighted by Gasteiger charge is 2.05. The minimum atomic E-state index is 0.351. The molecule has 0 fully saturated rings. The van der Waals surface area contributed by atoms with Gasteiger partial charge in [0.05, 0.1) is 5.52 Å². The summed E-state index contributed by atoms with van der Waals surface area (Å²) in [6, 6.07) is 21.1. The number of hydrogen-bond donors (Lipinski definition) is 1.